The summed E-state index contributed by atoms with van der Waals surface area (Å²) in [4.78, 5) is 12.9. The van der Waals surface area contributed by atoms with Gasteiger partial charge in [0.2, 0.25) is 15.9 Å². The number of rotatable bonds is 12. The Morgan fingerprint density at radius 1 is 1.06 bits per heavy atom. The smallest absolute Gasteiger partial charge is 0.241 e. The molecule has 0 aromatic heterocycles. The van der Waals surface area contributed by atoms with Crippen molar-refractivity contribution in [3.8, 4) is 11.5 Å². The number of thioether (sulfide) groups is 1. The maximum Gasteiger partial charge on any atom is 0.241 e. The number of nitrogens with one attached hydrogen (secondary N) is 2. The fraction of sp³-hybridized carbons (Fsp3) is 0.409. The van der Waals surface area contributed by atoms with Crippen LogP contribution >= 0.6 is 11.8 Å². The van der Waals surface area contributed by atoms with Crippen LogP contribution in [-0.2, 0) is 21.2 Å². The van der Waals surface area contributed by atoms with Gasteiger partial charge in [-0.3, -0.25) is 4.79 Å². The van der Waals surface area contributed by atoms with E-state index in [0.717, 1.165) is 11.1 Å². The first-order chi connectivity index (χ1) is 14.8. The average Bonchev–Trinajstić information content (AvgIpc) is 2.76. The molecular weight excluding hydrogens is 436 g/mol. The van der Waals surface area contributed by atoms with Gasteiger partial charge in [-0.05, 0) is 61.6 Å². The van der Waals surface area contributed by atoms with Gasteiger partial charge in [-0.15, -0.1) is 0 Å². The van der Waals surface area contributed by atoms with Crippen molar-refractivity contribution in [2.24, 2.45) is 0 Å². The van der Waals surface area contributed by atoms with E-state index < -0.39 is 16.1 Å². The van der Waals surface area contributed by atoms with Crippen LogP contribution in [0.1, 0.15) is 17.5 Å². The highest BCUT2D eigenvalue weighted by Gasteiger charge is 2.25. The van der Waals surface area contributed by atoms with Gasteiger partial charge in [-0.2, -0.15) is 16.5 Å². The van der Waals surface area contributed by atoms with Crippen LogP contribution in [0.15, 0.2) is 47.4 Å². The lowest BCUT2D eigenvalue weighted by atomic mass is 10.1. The van der Waals surface area contributed by atoms with E-state index >= 15 is 0 Å². The third-order valence-corrected chi connectivity index (χ3v) is 6.85. The number of amides is 1. The summed E-state index contributed by atoms with van der Waals surface area (Å²) in [5, 5.41) is 2.84. The van der Waals surface area contributed by atoms with Crippen LogP contribution in [-0.4, -0.2) is 53.1 Å². The number of carbonyl (C=O) groups is 1. The number of methoxy groups -OCH3 is 2. The SMILES string of the molecule is COc1ccc(CCNC(=O)C(CCSC)NS(=O)(=O)c2ccc(C)cc2)cc1OC. The lowest BCUT2D eigenvalue weighted by molar-refractivity contribution is -0.122. The van der Waals surface area contributed by atoms with Gasteiger partial charge in [-0.1, -0.05) is 23.8 Å². The second-order valence-corrected chi connectivity index (χ2v) is 9.70. The highest BCUT2D eigenvalue weighted by atomic mass is 32.2. The van der Waals surface area contributed by atoms with Gasteiger partial charge in [0.05, 0.1) is 19.1 Å². The molecule has 0 aliphatic rings. The maximum absolute atomic E-state index is 12.7. The molecule has 0 spiro atoms. The van der Waals surface area contributed by atoms with Gasteiger partial charge in [0.1, 0.15) is 6.04 Å². The van der Waals surface area contributed by atoms with Crippen LogP contribution in [0.5, 0.6) is 11.5 Å². The molecule has 170 valence electrons. The first-order valence-electron chi connectivity index (χ1n) is 9.87. The highest BCUT2D eigenvalue weighted by Crippen LogP contribution is 2.27. The van der Waals surface area contributed by atoms with E-state index in [9.17, 15) is 13.2 Å². The first-order valence-corrected chi connectivity index (χ1v) is 12.7. The Kier molecular flexibility index (Phi) is 9.67. The molecule has 0 radical (unpaired) electrons. The molecule has 0 heterocycles. The predicted molar refractivity (Wildman–Crippen MR) is 125 cm³/mol. The van der Waals surface area contributed by atoms with Gasteiger partial charge in [-0.25, -0.2) is 8.42 Å². The van der Waals surface area contributed by atoms with Crippen molar-refractivity contribution >= 4 is 27.7 Å². The summed E-state index contributed by atoms with van der Waals surface area (Å²) in [6.45, 7) is 2.26. The van der Waals surface area contributed by atoms with Crippen LogP contribution in [0, 0.1) is 6.92 Å². The molecule has 7 nitrogen and oxygen atoms in total. The number of hydrogen-bond donors (Lipinski definition) is 2. The third kappa shape index (κ3) is 7.45. The van der Waals surface area contributed by atoms with E-state index in [-0.39, 0.29) is 10.8 Å². The molecule has 0 saturated carbocycles. The van der Waals surface area contributed by atoms with Gasteiger partial charge in [0.25, 0.3) is 0 Å². The molecule has 0 aliphatic heterocycles. The monoisotopic (exact) mass is 466 g/mol. The number of carbonyl (C=O) groups excluding carboxylic acids is 1. The van der Waals surface area contributed by atoms with Gasteiger partial charge in [0, 0.05) is 6.54 Å². The Morgan fingerprint density at radius 2 is 1.74 bits per heavy atom. The largest absolute Gasteiger partial charge is 0.493 e. The molecular formula is C22H30N2O5S2. The van der Waals surface area contributed by atoms with E-state index in [0.29, 0.717) is 36.6 Å². The summed E-state index contributed by atoms with van der Waals surface area (Å²) in [6.07, 6.45) is 2.89. The molecule has 2 aromatic rings. The zero-order chi connectivity index (χ0) is 22.9. The molecule has 1 amide bonds. The Labute approximate surface area is 189 Å². The number of benzene rings is 2. The molecule has 31 heavy (non-hydrogen) atoms. The summed E-state index contributed by atoms with van der Waals surface area (Å²) < 4.78 is 38.5. The van der Waals surface area contributed by atoms with Crippen LogP contribution in [0.4, 0.5) is 0 Å². The van der Waals surface area contributed by atoms with Crippen LogP contribution in [0.3, 0.4) is 0 Å². The molecule has 0 fully saturated rings. The van der Waals surface area contributed by atoms with Crippen molar-refractivity contribution in [3.05, 3.63) is 53.6 Å². The molecule has 0 bridgehead atoms. The lowest BCUT2D eigenvalue weighted by Crippen LogP contribution is -2.47. The zero-order valence-corrected chi connectivity index (χ0v) is 19.9. The Bertz CT molecular complexity index is 962. The van der Waals surface area contributed by atoms with Crippen molar-refractivity contribution in [3.63, 3.8) is 0 Å². The minimum Gasteiger partial charge on any atom is -0.493 e. The number of sulfonamides is 1. The van der Waals surface area contributed by atoms with Gasteiger partial charge in [0.15, 0.2) is 11.5 Å². The van der Waals surface area contributed by atoms with E-state index in [1.807, 2.05) is 31.4 Å². The fourth-order valence-corrected chi connectivity index (χ4v) is 4.64. The van der Waals surface area contributed by atoms with E-state index in [1.165, 1.54) is 12.1 Å². The molecule has 2 aromatic carbocycles. The molecule has 2 rings (SSSR count). The summed E-state index contributed by atoms with van der Waals surface area (Å²) in [5.41, 5.74) is 1.93. The van der Waals surface area contributed by atoms with Crippen molar-refractivity contribution in [2.75, 3.05) is 32.8 Å². The normalized spacial score (nSPS) is 12.3. The zero-order valence-electron chi connectivity index (χ0n) is 18.3. The molecule has 1 unspecified atom stereocenters. The molecule has 9 heteroatoms. The van der Waals surface area contributed by atoms with Crippen LogP contribution < -0.4 is 19.5 Å². The average molecular weight is 467 g/mol. The predicted octanol–water partition coefficient (Wildman–Crippen LogP) is 2.77. The minimum absolute atomic E-state index is 0.144. The second kappa shape index (κ2) is 12.0. The van der Waals surface area contributed by atoms with E-state index in [4.69, 9.17) is 9.47 Å². The molecule has 0 aliphatic carbocycles. The number of aryl methyl sites for hydroxylation is 1. The fourth-order valence-electron chi connectivity index (χ4n) is 2.94. The summed E-state index contributed by atoms with van der Waals surface area (Å²) in [7, 11) is -0.653. The van der Waals surface area contributed by atoms with Gasteiger partial charge < -0.3 is 14.8 Å². The maximum atomic E-state index is 12.7. The lowest BCUT2D eigenvalue weighted by Gasteiger charge is -2.18. The van der Waals surface area contributed by atoms with Crippen molar-refractivity contribution in [1.29, 1.82) is 0 Å². The van der Waals surface area contributed by atoms with Crippen LogP contribution in [0.2, 0.25) is 0 Å². The second-order valence-electron chi connectivity index (χ2n) is 7.00. The van der Waals surface area contributed by atoms with Crippen molar-refractivity contribution < 1.29 is 22.7 Å². The highest BCUT2D eigenvalue weighted by molar-refractivity contribution is 7.98. The summed E-state index contributed by atoms with van der Waals surface area (Å²) in [6, 6.07) is 11.3. The molecule has 2 N–H and O–H groups in total. The third-order valence-electron chi connectivity index (χ3n) is 4.72. The Morgan fingerprint density at radius 3 is 2.35 bits per heavy atom. The minimum atomic E-state index is -3.80. The Balaban J connectivity index is 2.01. The van der Waals surface area contributed by atoms with Crippen LogP contribution in [0.25, 0.3) is 0 Å². The first kappa shape index (κ1) is 25.0. The summed E-state index contributed by atoms with van der Waals surface area (Å²) >= 11 is 1.56. The number of ether oxygens (including phenoxy) is 2. The standard InChI is InChI=1S/C22H30N2O5S2/c1-16-5-8-18(9-6-16)31(26,27)24-19(12-14-30-4)22(25)23-13-11-17-7-10-20(28-2)21(15-17)29-3/h5-10,15,19,24H,11-14H2,1-4H3,(H,23,25). The quantitative estimate of drug-likeness (QED) is 0.500. The molecule has 0 saturated heterocycles. The van der Waals surface area contributed by atoms with Crippen molar-refractivity contribution in [2.45, 2.75) is 30.7 Å². The van der Waals surface area contributed by atoms with E-state index in [1.54, 1.807) is 38.1 Å². The number of hydrogen-bond acceptors (Lipinski definition) is 6. The van der Waals surface area contributed by atoms with E-state index in [2.05, 4.69) is 10.0 Å². The molecule has 1 atom stereocenters. The van der Waals surface area contributed by atoms with Gasteiger partial charge >= 0.3 is 0 Å². The topological polar surface area (TPSA) is 93.7 Å². The Hall–Kier alpha value is -2.23. The summed E-state index contributed by atoms with van der Waals surface area (Å²) in [5.74, 6) is 1.57. The van der Waals surface area contributed by atoms with Crippen molar-refractivity contribution in [1.82, 2.24) is 10.0 Å².